The van der Waals surface area contributed by atoms with Gasteiger partial charge >= 0.3 is 12.0 Å². The molecule has 2 aromatic rings. The van der Waals surface area contributed by atoms with Crippen molar-refractivity contribution in [1.82, 2.24) is 14.7 Å². The van der Waals surface area contributed by atoms with Crippen molar-refractivity contribution in [2.75, 3.05) is 12.4 Å². The minimum Gasteiger partial charge on any atom is -0.465 e. The molecule has 1 unspecified atom stereocenters. The molecule has 29 heavy (non-hydrogen) atoms. The van der Waals surface area contributed by atoms with E-state index in [1.165, 1.54) is 25.3 Å². The molecule has 152 valence electrons. The number of nitrogens with zero attached hydrogens (tertiary/aromatic N) is 2. The molecule has 0 aromatic carbocycles. The van der Waals surface area contributed by atoms with Crippen molar-refractivity contribution in [3.63, 3.8) is 0 Å². The number of fused-ring (bicyclic) bond motifs is 1. The molecule has 1 aliphatic rings. The Morgan fingerprint density at radius 1 is 1.28 bits per heavy atom. The van der Waals surface area contributed by atoms with Crippen molar-refractivity contribution >= 4 is 56.2 Å². The number of hydrogen-bond acceptors (Lipinski definition) is 9. The average Bonchev–Trinajstić information content (AvgIpc) is 3.00. The summed E-state index contributed by atoms with van der Waals surface area (Å²) < 4.78 is 36.9. The number of furan rings is 1. The van der Waals surface area contributed by atoms with Crippen molar-refractivity contribution in [1.29, 1.82) is 0 Å². The van der Waals surface area contributed by atoms with Gasteiger partial charge in [-0.05, 0) is 32.1 Å². The van der Waals surface area contributed by atoms with Gasteiger partial charge in [0.15, 0.2) is 0 Å². The molecule has 0 aliphatic heterocycles. The summed E-state index contributed by atoms with van der Waals surface area (Å²) in [4.78, 5) is 31.8. The van der Waals surface area contributed by atoms with Crippen molar-refractivity contribution in [3.8, 4) is 0 Å². The van der Waals surface area contributed by atoms with Crippen LogP contribution in [-0.2, 0) is 19.6 Å². The highest BCUT2D eigenvalue weighted by Gasteiger charge is 2.31. The van der Waals surface area contributed by atoms with Crippen LogP contribution in [0.5, 0.6) is 0 Å². The Balaban J connectivity index is 1.73. The molecule has 2 aromatic heterocycles. The topological polar surface area (TPSA) is 140 Å². The van der Waals surface area contributed by atoms with Crippen LogP contribution in [0.4, 0.5) is 10.7 Å². The molecule has 10 nitrogen and oxygen atoms in total. The summed E-state index contributed by atoms with van der Waals surface area (Å²) in [6.07, 6.45) is 3.67. The van der Waals surface area contributed by atoms with E-state index in [9.17, 15) is 18.0 Å². The van der Waals surface area contributed by atoms with Gasteiger partial charge in [-0.2, -0.15) is 4.98 Å². The van der Waals surface area contributed by atoms with E-state index in [2.05, 4.69) is 20.0 Å². The van der Waals surface area contributed by atoms with Gasteiger partial charge in [0.2, 0.25) is 21.7 Å². The first kappa shape index (κ1) is 20.6. The van der Waals surface area contributed by atoms with Crippen LogP contribution in [0.15, 0.2) is 34.3 Å². The Hall–Kier alpha value is -3.12. The largest absolute Gasteiger partial charge is 0.465 e. The van der Waals surface area contributed by atoms with E-state index in [1.54, 1.807) is 19.9 Å². The highest BCUT2D eigenvalue weighted by Crippen LogP contribution is 2.21. The molecule has 0 saturated heterocycles. The van der Waals surface area contributed by atoms with Gasteiger partial charge in [-0.3, -0.25) is 5.32 Å². The Labute approximate surface area is 171 Å². The second-order valence-corrected chi connectivity index (χ2v) is 8.36. The minimum atomic E-state index is -4.22. The van der Waals surface area contributed by atoms with Gasteiger partial charge in [-0.15, -0.1) is 0 Å². The maximum Gasteiger partial charge on any atom is 0.337 e. The molecule has 2 heterocycles. The van der Waals surface area contributed by atoms with Crippen LogP contribution in [0.2, 0.25) is 0 Å². The Morgan fingerprint density at radius 2 is 2.00 bits per heavy atom. The minimum absolute atomic E-state index is 0.0622. The number of rotatable bonds is 4. The molecule has 2 N–H and O–H groups in total. The van der Waals surface area contributed by atoms with Gasteiger partial charge in [-0.1, -0.05) is 18.3 Å². The van der Waals surface area contributed by atoms with Gasteiger partial charge in [0.1, 0.15) is 11.0 Å². The average molecular weight is 436 g/mol. The Morgan fingerprint density at radius 3 is 2.66 bits per heavy atom. The summed E-state index contributed by atoms with van der Waals surface area (Å²) in [6.45, 7) is 3.45. The Kier molecular flexibility index (Phi) is 5.48. The van der Waals surface area contributed by atoms with Crippen LogP contribution >= 0.6 is 12.2 Å². The fourth-order valence-corrected chi connectivity index (χ4v) is 4.31. The van der Waals surface area contributed by atoms with Crippen LogP contribution in [-0.4, -0.2) is 47.6 Å². The van der Waals surface area contributed by atoms with Gasteiger partial charge in [0.25, 0.3) is 0 Å². The summed E-state index contributed by atoms with van der Waals surface area (Å²) in [5.74, 6) is -0.147. The van der Waals surface area contributed by atoms with Crippen LogP contribution in [0.1, 0.15) is 11.5 Å². The van der Waals surface area contributed by atoms with Crippen LogP contribution in [0.25, 0.3) is 11.1 Å². The number of nitrogens with one attached hydrogen (secondary N) is 2. The predicted molar refractivity (Wildman–Crippen MR) is 108 cm³/mol. The second kappa shape index (κ2) is 7.72. The van der Waals surface area contributed by atoms with Crippen LogP contribution in [0, 0.1) is 13.8 Å². The summed E-state index contributed by atoms with van der Waals surface area (Å²) in [7, 11) is -3.03. The molecule has 0 radical (unpaired) electrons. The van der Waals surface area contributed by atoms with Crippen molar-refractivity contribution < 1.29 is 27.2 Å². The maximum atomic E-state index is 12.5. The number of amides is 2. The van der Waals surface area contributed by atoms with Crippen LogP contribution in [0.3, 0.4) is 0 Å². The van der Waals surface area contributed by atoms with Crippen molar-refractivity contribution in [3.05, 3.63) is 41.3 Å². The van der Waals surface area contributed by atoms with Gasteiger partial charge < -0.3 is 9.15 Å². The lowest BCUT2D eigenvalue weighted by Crippen LogP contribution is -2.43. The van der Waals surface area contributed by atoms with E-state index in [0.717, 1.165) is 0 Å². The number of anilines is 1. The summed E-state index contributed by atoms with van der Waals surface area (Å²) in [5.41, 5.74) is 0.936. The molecule has 0 fully saturated rings. The standard InChI is InChI=1S/C17H16N4O6S2/c1-8-6-11-9(2)18-16(19-14(11)27-8)20-17(23)21-29(24,25)13-5-4-10(7-12(13)28)15(22)26-3/h4-7,13H,1-3H3,(H2,18,19,20,21,23). The zero-order valence-corrected chi connectivity index (χ0v) is 17.2. The number of allylic oxidation sites excluding steroid dienone is 1. The quantitative estimate of drug-likeness (QED) is 0.541. The molecule has 1 atom stereocenters. The molecule has 0 bridgehead atoms. The number of urea groups is 1. The highest BCUT2D eigenvalue weighted by molar-refractivity contribution is 7.93. The number of methoxy groups -OCH3 is 1. The molecular formula is C17H16N4O6S2. The number of esters is 1. The van der Waals surface area contributed by atoms with Gasteiger partial charge in [0.05, 0.1) is 23.8 Å². The molecule has 0 saturated carbocycles. The lowest BCUT2D eigenvalue weighted by Gasteiger charge is -2.17. The summed E-state index contributed by atoms with van der Waals surface area (Å²) in [5, 5.41) is 1.64. The smallest absolute Gasteiger partial charge is 0.337 e. The van der Waals surface area contributed by atoms with Gasteiger partial charge in [0, 0.05) is 4.86 Å². The molecule has 1 aliphatic carbocycles. The zero-order valence-electron chi connectivity index (χ0n) is 15.5. The number of aromatic nitrogens is 2. The van der Waals surface area contributed by atoms with Crippen molar-refractivity contribution in [2.24, 2.45) is 0 Å². The van der Waals surface area contributed by atoms with E-state index < -0.39 is 27.3 Å². The monoisotopic (exact) mass is 436 g/mol. The van der Waals surface area contributed by atoms with E-state index in [4.69, 9.17) is 16.6 Å². The maximum absolute atomic E-state index is 12.5. The lowest BCUT2D eigenvalue weighted by molar-refractivity contribution is -0.135. The first-order valence-corrected chi connectivity index (χ1v) is 10.2. The summed E-state index contributed by atoms with van der Waals surface area (Å²) >= 11 is 5.05. The number of carbonyl (C=O) groups excluding carboxylic acids is 2. The van der Waals surface area contributed by atoms with E-state index in [-0.39, 0.29) is 22.1 Å². The SMILES string of the molecule is COC(=O)C1=CC(=S)C(S(=O)(=O)NC(=O)Nc2nc(C)c3cc(C)oc3n2)C=C1. The number of hydrogen-bond donors (Lipinski definition) is 2. The fourth-order valence-electron chi connectivity index (χ4n) is 2.63. The molecular weight excluding hydrogens is 420 g/mol. The second-order valence-electron chi connectivity index (χ2n) is 6.08. The first-order valence-electron chi connectivity index (χ1n) is 8.20. The third-order valence-corrected chi connectivity index (χ3v) is 6.02. The lowest BCUT2D eigenvalue weighted by atomic mass is 10.1. The number of thiocarbonyl (C=S) groups is 1. The third-order valence-electron chi connectivity index (χ3n) is 3.95. The zero-order chi connectivity index (χ0) is 21.3. The van der Waals surface area contributed by atoms with E-state index >= 15 is 0 Å². The molecule has 3 rings (SSSR count). The Bertz CT molecular complexity index is 1200. The van der Waals surface area contributed by atoms with Crippen LogP contribution < -0.4 is 10.0 Å². The number of sulfonamides is 1. The first-order chi connectivity index (χ1) is 13.6. The predicted octanol–water partition coefficient (Wildman–Crippen LogP) is 1.70. The van der Waals surface area contributed by atoms with Crippen molar-refractivity contribution in [2.45, 2.75) is 19.1 Å². The van der Waals surface area contributed by atoms with E-state index in [0.29, 0.717) is 16.8 Å². The number of aryl methyl sites for hydroxylation is 2. The van der Waals surface area contributed by atoms with Gasteiger partial charge in [-0.25, -0.2) is 27.7 Å². The molecule has 0 spiro atoms. The number of ether oxygens (including phenoxy) is 1. The number of carbonyl (C=O) groups is 2. The molecule has 2 amide bonds. The normalized spacial score (nSPS) is 16.4. The highest BCUT2D eigenvalue weighted by atomic mass is 32.2. The third kappa shape index (κ3) is 4.32. The van der Waals surface area contributed by atoms with E-state index in [1.807, 2.05) is 4.72 Å². The fraction of sp³-hybridized carbons (Fsp3) is 0.235. The summed E-state index contributed by atoms with van der Waals surface area (Å²) in [6, 6.07) is 0.691. The molecule has 12 heteroatoms.